The maximum absolute atomic E-state index is 13.5. The fourth-order valence-corrected chi connectivity index (χ4v) is 6.65. The van der Waals surface area contributed by atoms with Gasteiger partial charge in [0.2, 0.25) is 20.9 Å². The molecule has 1 aliphatic rings. The first kappa shape index (κ1) is 21.2. The van der Waals surface area contributed by atoms with Gasteiger partial charge in [0, 0.05) is 16.0 Å². The number of aromatic amines is 1. The van der Waals surface area contributed by atoms with Crippen LogP contribution in [0.25, 0.3) is 11.3 Å². The van der Waals surface area contributed by atoms with E-state index in [1.807, 2.05) is 54.6 Å². The molecule has 3 aromatic carbocycles. The highest BCUT2D eigenvalue weighted by molar-refractivity contribution is 8.00. The summed E-state index contributed by atoms with van der Waals surface area (Å²) in [4.78, 5) is 14.5. The number of benzene rings is 3. The summed E-state index contributed by atoms with van der Waals surface area (Å²) in [5, 5.41) is 14.7. The molecule has 2 atom stereocenters. The van der Waals surface area contributed by atoms with Crippen LogP contribution in [0.4, 0.5) is 0 Å². The maximum atomic E-state index is 13.5. The van der Waals surface area contributed by atoms with E-state index in [0.717, 1.165) is 16.0 Å². The summed E-state index contributed by atoms with van der Waals surface area (Å²) in [5.74, 6) is -0.809. The van der Waals surface area contributed by atoms with Gasteiger partial charge < -0.3 is 0 Å². The van der Waals surface area contributed by atoms with E-state index in [0.29, 0.717) is 11.3 Å². The van der Waals surface area contributed by atoms with Crippen LogP contribution >= 0.6 is 11.8 Å². The molecule has 4 aromatic rings. The summed E-state index contributed by atoms with van der Waals surface area (Å²) < 4.78 is 26.3. The molecular formula is C25H17N3O3S2. The molecule has 0 bridgehead atoms. The van der Waals surface area contributed by atoms with Crippen molar-refractivity contribution in [1.82, 2.24) is 10.2 Å². The summed E-state index contributed by atoms with van der Waals surface area (Å²) in [6.45, 7) is 0. The van der Waals surface area contributed by atoms with Crippen LogP contribution in [0.15, 0.2) is 94.7 Å². The van der Waals surface area contributed by atoms with Gasteiger partial charge >= 0.3 is 0 Å². The van der Waals surface area contributed by atoms with E-state index in [2.05, 4.69) is 10.2 Å². The third-order valence-electron chi connectivity index (χ3n) is 5.54. The minimum absolute atomic E-state index is 0.0481. The molecule has 6 nitrogen and oxygen atoms in total. The minimum Gasteiger partial charge on any atom is -0.290 e. The number of nitrogens with zero attached hydrogens (tertiary/aromatic N) is 2. The number of carbonyl (C=O) groups excluding carboxylic acids is 1. The number of carbonyl (C=O) groups is 1. The lowest BCUT2D eigenvalue weighted by molar-refractivity contribution is 0.0995. The smallest absolute Gasteiger partial charge is 0.216 e. The minimum atomic E-state index is -4.21. The number of fused-ring (bicyclic) bond motifs is 3. The molecule has 0 amide bonds. The van der Waals surface area contributed by atoms with Crippen molar-refractivity contribution < 1.29 is 13.2 Å². The predicted molar refractivity (Wildman–Crippen MR) is 126 cm³/mol. The summed E-state index contributed by atoms with van der Waals surface area (Å²) in [7, 11) is -4.21. The highest BCUT2D eigenvalue weighted by Crippen LogP contribution is 2.52. The number of rotatable bonds is 5. The van der Waals surface area contributed by atoms with Gasteiger partial charge in [-0.15, -0.1) is 11.8 Å². The lowest BCUT2D eigenvalue weighted by Gasteiger charge is -2.25. The second-order valence-corrected chi connectivity index (χ2v) is 10.7. The molecule has 0 fully saturated rings. The third kappa shape index (κ3) is 3.55. The van der Waals surface area contributed by atoms with Crippen LogP contribution in [0.3, 0.4) is 0 Å². The molecule has 0 radical (unpaired) electrons. The van der Waals surface area contributed by atoms with Crippen molar-refractivity contribution in [2.45, 2.75) is 20.3 Å². The number of H-pyrrole nitrogens is 1. The standard InChI is InChI=1S/C25H17N3O3S2/c26-15-20(33(30,31)17-11-5-2-6-12-17)24(29)23-21-22(27-28-23)18-13-7-8-14-19(18)32-25(21)16-9-3-1-4-10-16/h1-14,20,25H,(H,27,28). The zero-order valence-electron chi connectivity index (χ0n) is 17.2. The van der Waals surface area contributed by atoms with Gasteiger partial charge in [0.25, 0.3) is 0 Å². The zero-order valence-corrected chi connectivity index (χ0v) is 18.8. The van der Waals surface area contributed by atoms with Crippen molar-refractivity contribution in [3.05, 3.63) is 102 Å². The number of hydrogen-bond donors (Lipinski definition) is 1. The molecule has 0 saturated carbocycles. The Morgan fingerprint density at radius 2 is 1.61 bits per heavy atom. The van der Waals surface area contributed by atoms with Crippen LogP contribution in [0, 0.1) is 11.3 Å². The first-order valence-electron chi connectivity index (χ1n) is 10.1. The molecule has 0 saturated heterocycles. The highest BCUT2D eigenvalue weighted by Gasteiger charge is 2.40. The molecule has 2 unspecified atom stereocenters. The third-order valence-corrected chi connectivity index (χ3v) is 8.76. The molecule has 162 valence electrons. The maximum Gasteiger partial charge on any atom is 0.216 e. The van der Waals surface area contributed by atoms with E-state index in [-0.39, 0.29) is 15.8 Å². The van der Waals surface area contributed by atoms with Crippen molar-refractivity contribution in [2.24, 2.45) is 0 Å². The normalized spacial score (nSPS) is 15.7. The van der Waals surface area contributed by atoms with Crippen LogP contribution in [0.5, 0.6) is 0 Å². The van der Waals surface area contributed by atoms with Gasteiger partial charge in [-0.3, -0.25) is 9.89 Å². The van der Waals surface area contributed by atoms with Gasteiger partial charge in [0.05, 0.1) is 21.9 Å². The second-order valence-electron chi connectivity index (χ2n) is 7.50. The number of nitriles is 1. The SMILES string of the molecule is N#CC(C(=O)c1[nH]nc2c1C(c1ccccc1)Sc1ccccc1-2)S(=O)(=O)c1ccccc1. The van der Waals surface area contributed by atoms with Gasteiger partial charge in [-0.05, 0) is 23.8 Å². The lowest BCUT2D eigenvalue weighted by atomic mass is 9.96. The Balaban J connectivity index is 1.66. The molecule has 8 heteroatoms. The predicted octanol–water partition coefficient (Wildman–Crippen LogP) is 4.82. The molecule has 1 aromatic heterocycles. The Bertz CT molecular complexity index is 1490. The van der Waals surface area contributed by atoms with Crippen molar-refractivity contribution in [2.75, 3.05) is 0 Å². The zero-order chi connectivity index (χ0) is 23.0. The Morgan fingerprint density at radius 1 is 0.970 bits per heavy atom. The van der Waals surface area contributed by atoms with Crippen LogP contribution in [-0.4, -0.2) is 29.6 Å². The van der Waals surface area contributed by atoms with Crippen molar-refractivity contribution in [1.29, 1.82) is 5.26 Å². The van der Waals surface area contributed by atoms with Crippen LogP contribution in [0.2, 0.25) is 0 Å². The summed E-state index contributed by atoms with van der Waals surface area (Å²) in [6.07, 6.45) is 0. The number of thioether (sulfide) groups is 1. The fourth-order valence-electron chi connectivity index (χ4n) is 3.96. The van der Waals surface area contributed by atoms with Gasteiger partial charge in [0.1, 0.15) is 5.69 Å². The van der Waals surface area contributed by atoms with Crippen molar-refractivity contribution >= 4 is 27.4 Å². The fraction of sp³-hybridized carbons (Fsp3) is 0.0800. The van der Waals surface area contributed by atoms with Gasteiger partial charge in [-0.2, -0.15) is 10.4 Å². The lowest BCUT2D eigenvalue weighted by Crippen LogP contribution is -2.30. The van der Waals surface area contributed by atoms with E-state index in [1.54, 1.807) is 36.0 Å². The Labute approximate surface area is 195 Å². The molecule has 0 spiro atoms. The molecule has 5 rings (SSSR count). The number of nitrogens with one attached hydrogen (secondary N) is 1. The molecule has 1 N–H and O–H groups in total. The quantitative estimate of drug-likeness (QED) is 0.419. The van der Waals surface area contributed by atoms with Crippen LogP contribution < -0.4 is 0 Å². The van der Waals surface area contributed by atoms with E-state index in [4.69, 9.17) is 0 Å². The molecule has 1 aliphatic heterocycles. The Morgan fingerprint density at radius 3 is 2.30 bits per heavy atom. The Hall–Kier alpha value is -3.67. The number of ketones is 1. The molecule has 33 heavy (non-hydrogen) atoms. The van der Waals surface area contributed by atoms with E-state index >= 15 is 0 Å². The van der Waals surface area contributed by atoms with E-state index in [9.17, 15) is 18.5 Å². The van der Waals surface area contributed by atoms with Crippen LogP contribution in [0.1, 0.15) is 26.9 Å². The summed E-state index contributed by atoms with van der Waals surface area (Å²) in [6, 6.07) is 26.7. The monoisotopic (exact) mass is 471 g/mol. The highest BCUT2D eigenvalue weighted by atomic mass is 32.2. The topological polar surface area (TPSA) is 104 Å². The van der Waals surface area contributed by atoms with Crippen molar-refractivity contribution in [3.63, 3.8) is 0 Å². The van der Waals surface area contributed by atoms with Crippen molar-refractivity contribution in [3.8, 4) is 17.3 Å². The average molecular weight is 472 g/mol. The number of sulfone groups is 1. The summed E-state index contributed by atoms with van der Waals surface area (Å²) in [5.41, 5.74) is 3.05. The van der Waals surface area contributed by atoms with Crippen LogP contribution in [-0.2, 0) is 9.84 Å². The number of aromatic nitrogens is 2. The summed E-state index contributed by atoms with van der Waals surface area (Å²) >= 11 is 1.57. The van der Waals surface area contributed by atoms with Gasteiger partial charge in [-0.1, -0.05) is 66.7 Å². The molecule has 0 aliphatic carbocycles. The molecule has 2 heterocycles. The molecular weight excluding hydrogens is 454 g/mol. The Kier molecular flexibility index (Phi) is 5.36. The average Bonchev–Trinajstić information content (AvgIpc) is 3.30. The number of hydrogen-bond acceptors (Lipinski definition) is 6. The number of Topliss-reactive ketones (excluding diaryl/α,β-unsaturated/α-hetero) is 1. The first-order chi connectivity index (χ1) is 16.0. The van der Waals surface area contributed by atoms with Gasteiger partial charge in [-0.25, -0.2) is 8.42 Å². The van der Waals surface area contributed by atoms with Gasteiger partial charge in [0.15, 0.2) is 0 Å². The van der Waals surface area contributed by atoms with E-state index < -0.39 is 20.9 Å². The second kappa shape index (κ2) is 8.35. The first-order valence-corrected chi connectivity index (χ1v) is 12.6. The largest absolute Gasteiger partial charge is 0.290 e. The van der Waals surface area contributed by atoms with E-state index in [1.165, 1.54) is 12.1 Å².